The van der Waals surface area contributed by atoms with E-state index in [-0.39, 0.29) is 10.5 Å². The molecule has 0 fully saturated rings. The summed E-state index contributed by atoms with van der Waals surface area (Å²) in [6.45, 7) is 0.958. The van der Waals surface area contributed by atoms with Crippen molar-refractivity contribution in [2.75, 3.05) is 13.6 Å². The molecule has 19 heavy (non-hydrogen) atoms. The van der Waals surface area contributed by atoms with Crippen molar-refractivity contribution >= 4 is 21.9 Å². The van der Waals surface area contributed by atoms with Crippen molar-refractivity contribution in [3.05, 3.63) is 29.3 Å². The molecule has 0 radical (unpaired) electrons. The molecule has 0 saturated heterocycles. The lowest BCUT2D eigenvalue weighted by molar-refractivity contribution is -0.137. The van der Waals surface area contributed by atoms with Crippen molar-refractivity contribution in [1.82, 2.24) is 4.31 Å². The van der Waals surface area contributed by atoms with Gasteiger partial charge < -0.3 is 10.8 Å². The first-order valence-electron chi connectivity index (χ1n) is 5.25. The summed E-state index contributed by atoms with van der Waals surface area (Å²) < 4.78 is 24.8. The molecule has 8 heteroatoms. The van der Waals surface area contributed by atoms with Crippen molar-refractivity contribution in [2.24, 2.45) is 5.73 Å². The van der Waals surface area contributed by atoms with Crippen LogP contribution in [0.3, 0.4) is 0 Å². The Morgan fingerprint density at radius 3 is 2.42 bits per heavy atom. The fourth-order valence-electron chi connectivity index (χ4n) is 1.48. The van der Waals surface area contributed by atoms with Crippen LogP contribution in [0.2, 0.25) is 0 Å². The van der Waals surface area contributed by atoms with Gasteiger partial charge in [0.1, 0.15) is 6.54 Å². The third kappa shape index (κ3) is 3.30. The van der Waals surface area contributed by atoms with E-state index in [1.165, 1.54) is 12.1 Å². The number of carboxylic acids is 1. The standard InChI is InChI=1S/C11H14N2O5S/c1-7-3-4-8(5-9(7)11(12)16)19(17,18)13(2)6-10(14)15/h3-5H,6H2,1-2H3,(H2,12,16)(H,14,15). The summed E-state index contributed by atoms with van der Waals surface area (Å²) in [5.41, 5.74) is 5.78. The van der Waals surface area contributed by atoms with E-state index in [4.69, 9.17) is 10.8 Å². The number of hydrogen-bond donors (Lipinski definition) is 2. The topological polar surface area (TPSA) is 118 Å². The lowest BCUT2D eigenvalue weighted by Crippen LogP contribution is -2.32. The van der Waals surface area contributed by atoms with Crippen LogP contribution in [0.4, 0.5) is 0 Å². The van der Waals surface area contributed by atoms with Gasteiger partial charge in [-0.25, -0.2) is 8.42 Å². The molecule has 0 aliphatic rings. The Labute approximate surface area is 110 Å². The van der Waals surface area contributed by atoms with Gasteiger partial charge in [-0.3, -0.25) is 9.59 Å². The van der Waals surface area contributed by atoms with Gasteiger partial charge in [-0.05, 0) is 24.6 Å². The minimum Gasteiger partial charge on any atom is -0.480 e. The molecule has 0 spiro atoms. The summed E-state index contributed by atoms with van der Waals surface area (Å²) in [5.74, 6) is -2.01. The van der Waals surface area contributed by atoms with E-state index in [9.17, 15) is 18.0 Å². The summed E-state index contributed by atoms with van der Waals surface area (Å²) in [6, 6.07) is 3.89. The summed E-state index contributed by atoms with van der Waals surface area (Å²) >= 11 is 0. The summed E-state index contributed by atoms with van der Waals surface area (Å²) in [5, 5.41) is 8.60. The van der Waals surface area contributed by atoms with Crippen molar-refractivity contribution in [3.63, 3.8) is 0 Å². The van der Waals surface area contributed by atoms with E-state index >= 15 is 0 Å². The van der Waals surface area contributed by atoms with Crippen LogP contribution in [-0.2, 0) is 14.8 Å². The van der Waals surface area contributed by atoms with E-state index in [0.29, 0.717) is 9.87 Å². The first-order chi connectivity index (χ1) is 8.66. The molecule has 0 aliphatic carbocycles. The lowest BCUT2D eigenvalue weighted by atomic mass is 10.1. The molecule has 0 saturated carbocycles. The van der Waals surface area contributed by atoms with Gasteiger partial charge in [0.25, 0.3) is 0 Å². The predicted molar refractivity (Wildman–Crippen MR) is 67.1 cm³/mol. The van der Waals surface area contributed by atoms with Crippen LogP contribution in [0.25, 0.3) is 0 Å². The number of primary amides is 1. The highest BCUT2D eigenvalue weighted by Crippen LogP contribution is 2.18. The molecule has 0 unspecified atom stereocenters. The molecule has 1 rings (SSSR count). The highest BCUT2D eigenvalue weighted by atomic mass is 32.2. The van der Waals surface area contributed by atoms with Gasteiger partial charge in [0.15, 0.2) is 0 Å². The van der Waals surface area contributed by atoms with Crippen molar-refractivity contribution in [1.29, 1.82) is 0 Å². The number of likely N-dealkylation sites (N-methyl/N-ethyl adjacent to an activating group) is 1. The quantitative estimate of drug-likeness (QED) is 0.777. The van der Waals surface area contributed by atoms with Gasteiger partial charge in [0.2, 0.25) is 15.9 Å². The highest BCUT2D eigenvalue weighted by Gasteiger charge is 2.24. The molecule has 0 atom stereocenters. The Morgan fingerprint density at radius 2 is 1.95 bits per heavy atom. The minimum absolute atomic E-state index is 0.0878. The third-order valence-corrected chi connectivity index (χ3v) is 4.34. The number of carbonyl (C=O) groups is 2. The molecule has 0 heterocycles. The number of carbonyl (C=O) groups excluding carboxylic acids is 1. The van der Waals surface area contributed by atoms with E-state index in [0.717, 1.165) is 13.1 Å². The molecule has 1 amide bonds. The Kier molecular flexibility index (Phi) is 4.28. The Hall–Kier alpha value is -1.93. The van der Waals surface area contributed by atoms with Crippen molar-refractivity contribution in [3.8, 4) is 0 Å². The smallest absolute Gasteiger partial charge is 0.318 e. The van der Waals surface area contributed by atoms with E-state index < -0.39 is 28.4 Å². The number of aryl methyl sites for hydroxylation is 1. The lowest BCUT2D eigenvalue weighted by Gasteiger charge is -2.15. The molecule has 0 aliphatic heterocycles. The first-order valence-corrected chi connectivity index (χ1v) is 6.69. The van der Waals surface area contributed by atoms with E-state index in [2.05, 4.69) is 0 Å². The van der Waals surface area contributed by atoms with Gasteiger partial charge >= 0.3 is 5.97 Å². The highest BCUT2D eigenvalue weighted by molar-refractivity contribution is 7.89. The zero-order valence-corrected chi connectivity index (χ0v) is 11.3. The number of amides is 1. The number of rotatable bonds is 5. The van der Waals surface area contributed by atoms with Crippen molar-refractivity contribution in [2.45, 2.75) is 11.8 Å². The maximum Gasteiger partial charge on any atom is 0.318 e. The van der Waals surface area contributed by atoms with Gasteiger partial charge in [-0.15, -0.1) is 0 Å². The number of hydrogen-bond acceptors (Lipinski definition) is 4. The van der Waals surface area contributed by atoms with Crippen LogP contribution < -0.4 is 5.73 Å². The van der Waals surface area contributed by atoms with Crippen LogP contribution in [-0.4, -0.2) is 43.3 Å². The van der Waals surface area contributed by atoms with Gasteiger partial charge in [-0.2, -0.15) is 4.31 Å². The molecular weight excluding hydrogens is 272 g/mol. The number of nitrogens with two attached hydrogens (primary N) is 1. The minimum atomic E-state index is -3.96. The number of aliphatic carboxylic acids is 1. The molecule has 7 nitrogen and oxygen atoms in total. The second-order valence-corrected chi connectivity index (χ2v) is 6.04. The Balaban J connectivity index is 3.26. The summed E-state index contributed by atoms with van der Waals surface area (Å²) in [7, 11) is -2.82. The van der Waals surface area contributed by atoms with Gasteiger partial charge in [-0.1, -0.05) is 6.07 Å². The molecule has 104 valence electrons. The zero-order valence-electron chi connectivity index (χ0n) is 10.5. The number of benzene rings is 1. The van der Waals surface area contributed by atoms with Crippen LogP contribution in [0.5, 0.6) is 0 Å². The molecular formula is C11H14N2O5S. The zero-order chi connectivity index (χ0) is 14.8. The van der Waals surface area contributed by atoms with Crippen LogP contribution in [0.1, 0.15) is 15.9 Å². The van der Waals surface area contributed by atoms with Gasteiger partial charge in [0, 0.05) is 12.6 Å². The summed E-state index contributed by atoms with van der Waals surface area (Å²) in [4.78, 5) is 21.5. The Bertz CT molecular complexity index is 624. The van der Waals surface area contributed by atoms with Crippen LogP contribution in [0.15, 0.2) is 23.1 Å². The fourth-order valence-corrected chi connectivity index (χ4v) is 2.63. The molecule has 0 aromatic heterocycles. The fraction of sp³-hybridized carbons (Fsp3) is 0.273. The normalized spacial score (nSPS) is 11.5. The maximum atomic E-state index is 12.1. The van der Waals surface area contributed by atoms with E-state index in [1.807, 2.05) is 0 Å². The first kappa shape index (κ1) is 15.1. The maximum absolute atomic E-state index is 12.1. The Morgan fingerprint density at radius 1 is 1.37 bits per heavy atom. The number of nitrogens with zero attached hydrogens (tertiary/aromatic N) is 1. The molecule has 3 N–H and O–H groups in total. The average molecular weight is 286 g/mol. The SMILES string of the molecule is Cc1ccc(S(=O)(=O)N(C)CC(=O)O)cc1C(N)=O. The van der Waals surface area contributed by atoms with E-state index in [1.54, 1.807) is 6.92 Å². The largest absolute Gasteiger partial charge is 0.480 e. The second kappa shape index (κ2) is 5.37. The van der Waals surface area contributed by atoms with Crippen LogP contribution in [0, 0.1) is 6.92 Å². The number of sulfonamides is 1. The third-order valence-electron chi connectivity index (χ3n) is 2.54. The number of carboxylic acid groups (broad SMARTS) is 1. The molecule has 1 aromatic rings. The second-order valence-electron chi connectivity index (χ2n) is 4.00. The monoisotopic (exact) mass is 286 g/mol. The predicted octanol–water partition coefficient (Wildman–Crippen LogP) is -0.201. The van der Waals surface area contributed by atoms with Crippen molar-refractivity contribution < 1.29 is 23.1 Å². The summed E-state index contributed by atoms with van der Waals surface area (Å²) in [6.07, 6.45) is 0. The average Bonchev–Trinajstić information content (AvgIpc) is 2.27. The molecule has 0 bridgehead atoms. The van der Waals surface area contributed by atoms with Gasteiger partial charge in [0.05, 0.1) is 4.90 Å². The molecule has 1 aromatic carbocycles. The van der Waals surface area contributed by atoms with Crippen LogP contribution >= 0.6 is 0 Å².